The highest BCUT2D eigenvalue weighted by atomic mass is 14.7. The summed E-state index contributed by atoms with van der Waals surface area (Å²) in [6.45, 7) is 20.3. The van der Waals surface area contributed by atoms with Crippen LogP contribution in [0.2, 0.25) is 0 Å². The Bertz CT molecular complexity index is 1060. The second kappa shape index (κ2) is 9.15. The van der Waals surface area contributed by atoms with E-state index in [-0.39, 0.29) is 5.41 Å². The van der Waals surface area contributed by atoms with E-state index in [1.165, 1.54) is 56.3 Å². The molecule has 0 amide bonds. The molecule has 2 aliphatic rings. The lowest BCUT2D eigenvalue weighted by molar-refractivity contribution is 0.592. The molecule has 1 heterocycles. The number of aromatic nitrogens is 1. The molecular weight excluding hydrogens is 374 g/mol. The first-order valence-corrected chi connectivity index (χ1v) is 12.1. The molecule has 0 fully saturated rings. The number of allylic oxidation sites excluding steroid dienone is 6. The first-order chi connectivity index (χ1) is 14.6. The molecule has 1 unspecified atom stereocenters. The minimum atomic E-state index is 0.0112. The van der Waals surface area contributed by atoms with Gasteiger partial charge >= 0.3 is 0 Å². The van der Waals surface area contributed by atoms with Gasteiger partial charge in [-0.2, -0.15) is 0 Å². The third-order valence-corrected chi connectivity index (χ3v) is 7.38. The van der Waals surface area contributed by atoms with E-state index in [4.69, 9.17) is 4.98 Å². The molecular formula is C30H41N. The molecule has 2 aromatic rings. The molecule has 0 radical (unpaired) electrons. The molecule has 1 nitrogen and oxygen atoms in total. The lowest BCUT2D eigenvalue weighted by Gasteiger charge is -2.42. The number of benzene rings is 1. The molecule has 0 N–H and O–H groups in total. The van der Waals surface area contributed by atoms with Gasteiger partial charge in [0.15, 0.2) is 0 Å². The van der Waals surface area contributed by atoms with E-state index in [0.717, 1.165) is 18.8 Å². The molecule has 4 rings (SSSR count). The van der Waals surface area contributed by atoms with Crippen LogP contribution in [0.5, 0.6) is 0 Å². The zero-order valence-corrected chi connectivity index (χ0v) is 21.2. The zero-order valence-electron chi connectivity index (χ0n) is 21.2. The molecule has 0 saturated carbocycles. The third-order valence-electron chi connectivity index (χ3n) is 7.38. The van der Waals surface area contributed by atoms with E-state index < -0.39 is 0 Å². The van der Waals surface area contributed by atoms with Crippen LogP contribution in [0, 0.1) is 25.7 Å². The Balaban J connectivity index is 0.000000491. The molecule has 1 aromatic carbocycles. The van der Waals surface area contributed by atoms with Gasteiger partial charge in [0.1, 0.15) is 0 Å². The fourth-order valence-electron chi connectivity index (χ4n) is 5.10. The minimum Gasteiger partial charge on any atom is -0.256 e. The normalized spacial score (nSPS) is 19.4. The Hall–Kier alpha value is -2.15. The number of rotatable bonds is 3. The molecule has 1 heteroatoms. The van der Waals surface area contributed by atoms with Gasteiger partial charge in [-0.1, -0.05) is 70.9 Å². The van der Waals surface area contributed by atoms with Crippen molar-refractivity contribution < 1.29 is 0 Å². The monoisotopic (exact) mass is 415 g/mol. The summed E-state index contributed by atoms with van der Waals surface area (Å²) < 4.78 is 0. The molecule has 31 heavy (non-hydrogen) atoms. The zero-order chi connectivity index (χ0) is 22.9. The Kier molecular flexibility index (Phi) is 6.94. The Morgan fingerprint density at radius 1 is 1.19 bits per heavy atom. The van der Waals surface area contributed by atoms with Crippen molar-refractivity contribution in [1.82, 2.24) is 4.98 Å². The largest absolute Gasteiger partial charge is 0.256 e. The molecule has 1 aromatic heterocycles. The van der Waals surface area contributed by atoms with E-state index in [0.29, 0.717) is 5.92 Å². The number of pyridine rings is 1. The summed E-state index contributed by atoms with van der Waals surface area (Å²) in [7, 11) is 0. The topological polar surface area (TPSA) is 12.9 Å². The molecule has 0 bridgehead atoms. The van der Waals surface area contributed by atoms with Crippen molar-refractivity contribution in [1.29, 1.82) is 0 Å². The van der Waals surface area contributed by atoms with Crippen LogP contribution in [0.25, 0.3) is 16.3 Å². The number of fused-ring (bicyclic) bond motifs is 1. The van der Waals surface area contributed by atoms with Gasteiger partial charge < -0.3 is 0 Å². The molecule has 0 aliphatic heterocycles. The summed E-state index contributed by atoms with van der Waals surface area (Å²) in [6, 6.07) is 4.62. The van der Waals surface area contributed by atoms with Gasteiger partial charge in [0.05, 0.1) is 5.69 Å². The Labute approximate surface area is 190 Å². The first kappa shape index (κ1) is 23.5. The van der Waals surface area contributed by atoms with E-state index >= 15 is 0 Å². The Morgan fingerprint density at radius 3 is 2.48 bits per heavy atom. The van der Waals surface area contributed by atoms with Crippen molar-refractivity contribution in [3.8, 4) is 0 Å². The summed E-state index contributed by atoms with van der Waals surface area (Å²) in [4.78, 5) is 4.94. The van der Waals surface area contributed by atoms with Gasteiger partial charge in [0, 0.05) is 17.0 Å². The SMILES string of the molecule is CC=CCC1CC=C(C)C2=C1c1nccc3c(C)c(C)cc(c13)C2(C)C.CCC(C)C. The second-order valence-corrected chi connectivity index (χ2v) is 10.3. The van der Waals surface area contributed by atoms with Crippen LogP contribution in [-0.2, 0) is 5.41 Å². The minimum absolute atomic E-state index is 0.0112. The van der Waals surface area contributed by atoms with Crippen molar-refractivity contribution >= 4 is 16.3 Å². The molecule has 1 atom stereocenters. The summed E-state index contributed by atoms with van der Waals surface area (Å²) >= 11 is 0. The van der Waals surface area contributed by atoms with Crippen molar-refractivity contribution in [2.45, 2.75) is 87.0 Å². The van der Waals surface area contributed by atoms with Gasteiger partial charge in [0.2, 0.25) is 0 Å². The van der Waals surface area contributed by atoms with E-state index in [1.54, 1.807) is 0 Å². The maximum atomic E-state index is 4.94. The highest BCUT2D eigenvalue weighted by Crippen LogP contribution is 2.53. The van der Waals surface area contributed by atoms with Crippen molar-refractivity contribution in [2.75, 3.05) is 0 Å². The average Bonchev–Trinajstić information content (AvgIpc) is 2.74. The lowest BCUT2D eigenvalue weighted by atomic mass is 9.62. The van der Waals surface area contributed by atoms with Crippen LogP contribution >= 0.6 is 0 Å². The highest BCUT2D eigenvalue weighted by molar-refractivity contribution is 6.02. The summed E-state index contributed by atoms with van der Waals surface area (Å²) in [5.74, 6) is 1.41. The predicted molar refractivity (Wildman–Crippen MR) is 138 cm³/mol. The van der Waals surface area contributed by atoms with Crippen molar-refractivity contribution in [2.24, 2.45) is 11.8 Å². The van der Waals surface area contributed by atoms with Gasteiger partial charge in [-0.15, -0.1) is 0 Å². The summed E-state index contributed by atoms with van der Waals surface area (Å²) in [5, 5.41) is 2.76. The fraction of sp³-hybridized carbons (Fsp3) is 0.500. The highest BCUT2D eigenvalue weighted by Gasteiger charge is 2.40. The van der Waals surface area contributed by atoms with Gasteiger partial charge in [-0.3, -0.25) is 4.98 Å². The van der Waals surface area contributed by atoms with Gasteiger partial charge in [-0.25, -0.2) is 0 Å². The van der Waals surface area contributed by atoms with Crippen LogP contribution in [0.1, 0.15) is 90.1 Å². The van der Waals surface area contributed by atoms with E-state index in [2.05, 4.69) is 92.7 Å². The maximum Gasteiger partial charge on any atom is 0.0749 e. The van der Waals surface area contributed by atoms with Crippen LogP contribution in [0.15, 0.2) is 47.7 Å². The average molecular weight is 416 g/mol. The molecule has 2 aliphatic carbocycles. The molecule has 0 spiro atoms. The lowest BCUT2D eigenvalue weighted by Crippen LogP contribution is -2.30. The molecule has 166 valence electrons. The first-order valence-electron chi connectivity index (χ1n) is 12.1. The second-order valence-electron chi connectivity index (χ2n) is 10.3. The number of aryl methyl sites for hydroxylation is 2. The quantitative estimate of drug-likeness (QED) is 0.456. The van der Waals surface area contributed by atoms with Crippen LogP contribution in [0.3, 0.4) is 0 Å². The summed E-state index contributed by atoms with van der Waals surface area (Å²) in [5.41, 5.74) is 9.89. The number of hydrogen-bond donors (Lipinski definition) is 0. The number of nitrogens with zero attached hydrogens (tertiary/aromatic N) is 1. The van der Waals surface area contributed by atoms with Crippen LogP contribution < -0.4 is 0 Å². The van der Waals surface area contributed by atoms with Gasteiger partial charge in [-0.05, 0) is 91.7 Å². The molecule has 0 saturated heterocycles. The number of hydrogen-bond acceptors (Lipinski definition) is 1. The fourth-order valence-corrected chi connectivity index (χ4v) is 5.10. The third kappa shape index (κ3) is 4.16. The Morgan fingerprint density at radius 2 is 1.87 bits per heavy atom. The van der Waals surface area contributed by atoms with Crippen molar-refractivity contribution in [3.05, 3.63) is 70.1 Å². The standard InChI is InChI=1S/C25H29N.C5H12/c1-7-8-9-18-11-10-15(2)23-21(18)24-22-19(12-13-26-24)17(4)16(3)14-20(22)25(23,5)6;1-4-5(2)3/h7-8,10,12-14,18H,9,11H2,1-6H3;5H,4H2,1-3H3. The maximum absolute atomic E-state index is 4.94. The summed E-state index contributed by atoms with van der Waals surface area (Å²) in [6.07, 6.45) is 12.5. The van der Waals surface area contributed by atoms with Gasteiger partial charge in [0.25, 0.3) is 0 Å². The van der Waals surface area contributed by atoms with Crippen LogP contribution in [0.4, 0.5) is 0 Å². The van der Waals surface area contributed by atoms with Crippen molar-refractivity contribution in [3.63, 3.8) is 0 Å². The predicted octanol–water partition coefficient (Wildman–Crippen LogP) is 8.88. The van der Waals surface area contributed by atoms with E-state index in [9.17, 15) is 0 Å². The van der Waals surface area contributed by atoms with Crippen LogP contribution in [-0.4, -0.2) is 4.98 Å². The smallest absolute Gasteiger partial charge is 0.0749 e. The van der Waals surface area contributed by atoms with E-state index in [1.807, 2.05) is 6.20 Å².